The summed E-state index contributed by atoms with van der Waals surface area (Å²) in [5.41, 5.74) is 1.13. The number of benzene rings is 1. The van der Waals surface area contributed by atoms with Crippen molar-refractivity contribution < 1.29 is 22.7 Å². The van der Waals surface area contributed by atoms with Gasteiger partial charge in [-0.1, -0.05) is 0 Å². The number of esters is 1. The van der Waals surface area contributed by atoms with Crippen LogP contribution in [0.4, 0.5) is 24.8 Å². The Hall–Kier alpha value is -3.43. The van der Waals surface area contributed by atoms with Gasteiger partial charge in [0.05, 0.1) is 6.61 Å². The molecule has 10 heteroatoms. The van der Waals surface area contributed by atoms with Crippen LogP contribution in [0.5, 0.6) is 0 Å². The molecule has 0 fully saturated rings. The largest absolute Gasteiger partial charge is 0.461 e. The van der Waals surface area contributed by atoms with Gasteiger partial charge < -0.3 is 14.6 Å². The van der Waals surface area contributed by atoms with Crippen LogP contribution in [0, 0.1) is 13.8 Å². The van der Waals surface area contributed by atoms with Crippen LogP contribution in [0.2, 0.25) is 0 Å². The average Bonchev–Trinajstić information content (AvgIpc) is 3.03. The number of aryl methyl sites for hydroxylation is 2. The third-order valence-corrected chi connectivity index (χ3v) is 3.91. The maximum atomic E-state index is 12.9. The number of ether oxygens (including phenoxy) is 1. The van der Waals surface area contributed by atoms with Crippen molar-refractivity contribution in [3.05, 3.63) is 59.4 Å². The number of nitrogens with zero attached hydrogens (tertiary/aromatic N) is 4. The van der Waals surface area contributed by atoms with E-state index in [2.05, 4.69) is 20.3 Å². The maximum Gasteiger partial charge on any atom is 0.433 e. The van der Waals surface area contributed by atoms with Crippen LogP contribution in [0.3, 0.4) is 0 Å². The van der Waals surface area contributed by atoms with Gasteiger partial charge in [-0.3, -0.25) is 0 Å². The number of rotatable bonds is 5. The molecular weight excluding hydrogens is 387 g/mol. The zero-order valence-corrected chi connectivity index (χ0v) is 15.9. The summed E-state index contributed by atoms with van der Waals surface area (Å²) < 4.78 is 45.2. The molecule has 1 aromatic carbocycles. The number of carbonyl (C=O) groups is 1. The van der Waals surface area contributed by atoms with Gasteiger partial charge in [-0.25, -0.2) is 19.7 Å². The van der Waals surface area contributed by atoms with Gasteiger partial charge in [0, 0.05) is 23.8 Å². The molecule has 0 unspecified atom stereocenters. The summed E-state index contributed by atoms with van der Waals surface area (Å²) in [6, 6.07) is 6.09. The molecule has 29 heavy (non-hydrogen) atoms. The summed E-state index contributed by atoms with van der Waals surface area (Å²) >= 11 is 0. The number of aromatic nitrogens is 4. The summed E-state index contributed by atoms with van der Waals surface area (Å²) in [5, 5.41) is 2.79. The number of halogens is 3. The van der Waals surface area contributed by atoms with Crippen molar-refractivity contribution in [2.24, 2.45) is 0 Å². The Morgan fingerprint density at radius 3 is 2.66 bits per heavy atom. The van der Waals surface area contributed by atoms with Crippen molar-refractivity contribution in [1.82, 2.24) is 19.5 Å². The molecule has 0 aliphatic carbocycles. The van der Waals surface area contributed by atoms with Crippen molar-refractivity contribution in [2.45, 2.75) is 26.9 Å². The first kappa shape index (κ1) is 20.3. The first-order valence-electron chi connectivity index (χ1n) is 8.70. The van der Waals surface area contributed by atoms with Gasteiger partial charge in [-0.15, -0.1) is 0 Å². The van der Waals surface area contributed by atoms with Crippen LogP contribution in [0.1, 0.15) is 34.5 Å². The van der Waals surface area contributed by atoms with Gasteiger partial charge in [-0.05, 0) is 50.6 Å². The van der Waals surface area contributed by atoms with Gasteiger partial charge >= 0.3 is 12.1 Å². The molecule has 2 heterocycles. The molecular formula is C19H18F3N5O2. The van der Waals surface area contributed by atoms with E-state index in [4.69, 9.17) is 4.74 Å². The van der Waals surface area contributed by atoms with Crippen LogP contribution in [-0.4, -0.2) is 32.1 Å². The second-order valence-corrected chi connectivity index (χ2v) is 6.21. The predicted octanol–water partition coefficient (Wildman–Crippen LogP) is 4.22. The van der Waals surface area contributed by atoms with Crippen molar-refractivity contribution in [1.29, 1.82) is 0 Å². The third kappa shape index (κ3) is 4.71. The number of carbonyl (C=O) groups excluding carboxylic acids is 1. The lowest BCUT2D eigenvalue weighted by atomic mass is 10.2. The zero-order valence-electron chi connectivity index (χ0n) is 15.9. The molecule has 1 N–H and O–H groups in total. The SMILES string of the molecule is CCOC(=O)c1cn(-c2cc(C)cc(Nc3nccc(C(F)(F)F)n3)c2)c(C)n1. The first-order valence-corrected chi connectivity index (χ1v) is 8.70. The molecule has 3 aromatic rings. The number of alkyl halides is 3. The number of imidazole rings is 1. The Morgan fingerprint density at radius 1 is 1.21 bits per heavy atom. The van der Waals surface area contributed by atoms with Gasteiger partial charge in [0.2, 0.25) is 5.95 Å². The van der Waals surface area contributed by atoms with E-state index in [1.165, 1.54) is 0 Å². The lowest BCUT2D eigenvalue weighted by Crippen LogP contribution is -2.10. The molecule has 0 saturated carbocycles. The molecule has 0 atom stereocenters. The monoisotopic (exact) mass is 405 g/mol. The predicted molar refractivity (Wildman–Crippen MR) is 99.3 cm³/mol. The molecule has 3 rings (SSSR count). The van der Waals surface area contributed by atoms with E-state index < -0.39 is 17.8 Å². The molecule has 0 bridgehead atoms. The Morgan fingerprint density at radius 2 is 1.97 bits per heavy atom. The number of hydrogen-bond acceptors (Lipinski definition) is 6. The summed E-state index contributed by atoms with van der Waals surface area (Å²) in [7, 11) is 0. The van der Waals surface area contributed by atoms with Crippen LogP contribution in [0.15, 0.2) is 36.7 Å². The zero-order chi connectivity index (χ0) is 21.2. The van der Waals surface area contributed by atoms with Crippen molar-refractivity contribution in [3.63, 3.8) is 0 Å². The minimum absolute atomic E-state index is 0.168. The molecule has 0 aliphatic rings. The lowest BCUT2D eigenvalue weighted by molar-refractivity contribution is -0.141. The number of anilines is 2. The van der Waals surface area contributed by atoms with Crippen LogP contribution in [0.25, 0.3) is 5.69 Å². The van der Waals surface area contributed by atoms with Gasteiger partial charge in [0.1, 0.15) is 11.5 Å². The third-order valence-electron chi connectivity index (χ3n) is 3.91. The highest BCUT2D eigenvalue weighted by atomic mass is 19.4. The van der Waals surface area contributed by atoms with Gasteiger partial charge in [-0.2, -0.15) is 13.2 Å². The first-order chi connectivity index (χ1) is 13.7. The molecule has 7 nitrogen and oxygen atoms in total. The van der Waals surface area contributed by atoms with E-state index in [-0.39, 0.29) is 18.2 Å². The highest BCUT2D eigenvalue weighted by Crippen LogP contribution is 2.28. The molecule has 152 valence electrons. The molecule has 0 aliphatic heterocycles. The van der Waals surface area contributed by atoms with E-state index in [1.54, 1.807) is 36.7 Å². The fraction of sp³-hybridized carbons (Fsp3) is 0.263. The second-order valence-electron chi connectivity index (χ2n) is 6.21. The van der Waals surface area contributed by atoms with Crippen LogP contribution in [-0.2, 0) is 10.9 Å². The highest BCUT2D eigenvalue weighted by molar-refractivity contribution is 5.87. The smallest absolute Gasteiger partial charge is 0.433 e. The number of nitrogens with one attached hydrogen (secondary N) is 1. The summed E-state index contributed by atoms with van der Waals surface area (Å²) in [4.78, 5) is 23.5. The Bertz CT molecular complexity index is 1050. The van der Waals surface area contributed by atoms with Crippen molar-refractivity contribution in [2.75, 3.05) is 11.9 Å². The van der Waals surface area contributed by atoms with E-state index in [9.17, 15) is 18.0 Å². The maximum absolute atomic E-state index is 12.9. The summed E-state index contributed by atoms with van der Waals surface area (Å²) in [6.07, 6.45) is -1.97. The standard InChI is InChI=1S/C19H18F3N5O2/c1-4-29-17(28)15-10-27(12(3)24-15)14-8-11(2)7-13(9-14)25-18-23-6-5-16(26-18)19(20,21)22/h5-10H,4H2,1-3H3,(H,23,25,26). The van der Waals surface area contributed by atoms with Crippen molar-refractivity contribution >= 4 is 17.6 Å². The van der Waals surface area contributed by atoms with E-state index in [0.29, 0.717) is 17.2 Å². The highest BCUT2D eigenvalue weighted by Gasteiger charge is 2.32. The molecule has 2 aromatic heterocycles. The van der Waals surface area contributed by atoms with Crippen LogP contribution < -0.4 is 5.32 Å². The van der Waals surface area contributed by atoms with E-state index in [0.717, 1.165) is 17.8 Å². The Kier molecular flexibility index (Phi) is 5.53. The van der Waals surface area contributed by atoms with Crippen LogP contribution >= 0.6 is 0 Å². The fourth-order valence-electron chi connectivity index (χ4n) is 2.72. The normalized spacial score (nSPS) is 11.4. The van der Waals surface area contributed by atoms with E-state index in [1.807, 2.05) is 13.0 Å². The number of hydrogen-bond donors (Lipinski definition) is 1. The topological polar surface area (TPSA) is 81.9 Å². The Labute approximate surface area is 164 Å². The summed E-state index contributed by atoms with van der Waals surface area (Å²) in [6.45, 7) is 5.50. The molecule has 0 saturated heterocycles. The second kappa shape index (κ2) is 7.90. The van der Waals surface area contributed by atoms with Crippen molar-refractivity contribution in [3.8, 4) is 5.69 Å². The Balaban J connectivity index is 1.93. The lowest BCUT2D eigenvalue weighted by Gasteiger charge is -2.12. The van der Waals surface area contributed by atoms with Gasteiger partial charge in [0.15, 0.2) is 5.69 Å². The quantitative estimate of drug-likeness (QED) is 0.640. The van der Waals surface area contributed by atoms with Gasteiger partial charge in [0.25, 0.3) is 0 Å². The average molecular weight is 405 g/mol. The molecule has 0 amide bonds. The minimum Gasteiger partial charge on any atom is -0.461 e. The molecule has 0 radical (unpaired) electrons. The molecule has 0 spiro atoms. The minimum atomic E-state index is -4.56. The summed E-state index contributed by atoms with van der Waals surface area (Å²) in [5.74, 6) is -0.149. The fourth-order valence-corrected chi connectivity index (χ4v) is 2.72. The van der Waals surface area contributed by atoms with E-state index >= 15 is 0 Å².